The Kier molecular flexibility index (Phi) is 3.04. The van der Waals surface area contributed by atoms with Crippen LogP contribution in [-0.2, 0) is 9.84 Å². The topological polar surface area (TPSA) is 78.0 Å². The molecular formula is C10H9F2N3O2S. The summed E-state index contributed by atoms with van der Waals surface area (Å²) in [5.74, 6) is -3.43. The molecule has 0 saturated carbocycles. The van der Waals surface area contributed by atoms with Gasteiger partial charge in [0.1, 0.15) is 0 Å². The number of rotatable bonds is 3. The van der Waals surface area contributed by atoms with Crippen LogP contribution in [0.1, 0.15) is 0 Å². The summed E-state index contributed by atoms with van der Waals surface area (Å²) in [6.07, 6.45) is 2.94. The van der Waals surface area contributed by atoms with Gasteiger partial charge in [-0.05, 0) is 24.3 Å². The van der Waals surface area contributed by atoms with Crippen LogP contribution >= 0.6 is 0 Å². The lowest BCUT2D eigenvalue weighted by Crippen LogP contribution is -2.11. The van der Waals surface area contributed by atoms with E-state index in [4.69, 9.17) is 5.73 Å². The fourth-order valence-electron chi connectivity index (χ4n) is 1.37. The molecule has 0 aliphatic rings. The van der Waals surface area contributed by atoms with E-state index in [1.54, 1.807) is 0 Å². The smallest absolute Gasteiger partial charge is 0.341 e. The SMILES string of the molecule is Nc1cnn(-c2ccc(S(=O)(=O)C(F)F)cc2)c1. The number of benzene rings is 1. The van der Waals surface area contributed by atoms with Crippen LogP contribution in [0.4, 0.5) is 14.5 Å². The largest absolute Gasteiger partial charge is 0.396 e. The minimum atomic E-state index is -4.56. The van der Waals surface area contributed by atoms with Crippen LogP contribution in [0.25, 0.3) is 5.69 Å². The van der Waals surface area contributed by atoms with Crippen LogP contribution in [0.3, 0.4) is 0 Å². The Labute approximate surface area is 102 Å². The predicted molar refractivity (Wildman–Crippen MR) is 61.2 cm³/mol. The Morgan fingerprint density at radius 3 is 2.28 bits per heavy atom. The van der Waals surface area contributed by atoms with Gasteiger partial charge in [0.2, 0.25) is 9.84 Å². The van der Waals surface area contributed by atoms with Gasteiger partial charge in [-0.2, -0.15) is 13.9 Å². The first-order valence-corrected chi connectivity index (χ1v) is 6.38. The molecule has 2 N–H and O–H groups in total. The lowest BCUT2D eigenvalue weighted by Gasteiger charge is -2.05. The summed E-state index contributed by atoms with van der Waals surface area (Å²) < 4.78 is 48.4. The highest BCUT2D eigenvalue weighted by Crippen LogP contribution is 2.19. The number of nitrogen functional groups attached to an aromatic ring is 1. The van der Waals surface area contributed by atoms with Crippen LogP contribution in [0.15, 0.2) is 41.6 Å². The molecule has 1 aromatic carbocycles. The highest BCUT2D eigenvalue weighted by atomic mass is 32.2. The number of hydrogen-bond donors (Lipinski definition) is 1. The van der Waals surface area contributed by atoms with Crippen molar-refractivity contribution in [2.24, 2.45) is 0 Å². The number of halogens is 2. The van der Waals surface area contributed by atoms with Crippen molar-refractivity contribution in [3.8, 4) is 5.69 Å². The first-order chi connectivity index (χ1) is 8.41. The molecule has 2 rings (SSSR count). The number of hydrogen-bond acceptors (Lipinski definition) is 4. The molecule has 0 radical (unpaired) electrons. The van der Waals surface area contributed by atoms with Crippen LogP contribution in [-0.4, -0.2) is 24.0 Å². The minimum absolute atomic E-state index is 0.429. The Balaban J connectivity index is 2.37. The summed E-state index contributed by atoms with van der Waals surface area (Å²) in [5, 5.41) is 3.91. The number of anilines is 1. The van der Waals surface area contributed by atoms with E-state index in [0.717, 1.165) is 12.1 Å². The molecule has 8 heteroatoms. The molecule has 5 nitrogen and oxygen atoms in total. The van der Waals surface area contributed by atoms with Gasteiger partial charge in [0.15, 0.2) is 0 Å². The molecule has 18 heavy (non-hydrogen) atoms. The summed E-state index contributed by atoms with van der Waals surface area (Å²) in [5.41, 5.74) is 6.45. The summed E-state index contributed by atoms with van der Waals surface area (Å²) >= 11 is 0. The first-order valence-electron chi connectivity index (χ1n) is 4.84. The van der Waals surface area contributed by atoms with E-state index < -0.39 is 20.5 Å². The van der Waals surface area contributed by atoms with Gasteiger partial charge in [0.25, 0.3) is 0 Å². The minimum Gasteiger partial charge on any atom is -0.396 e. The Morgan fingerprint density at radius 2 is 1.83 bits per heavy atom. The molecule has 0 atom stereocenters. The zero-order valence-electron chi connectivity index (χ0n) is 8.99. The number of nitrogens with two attached hydrogens (primary N) is 1. The van der Waals surface area contributed by atoms with Gasteiger partial charge in [0.05, 0.1) is 28.7 Å². The Bertz CT molecular complexity index is 650. The Morgan fingerprint density at radius 1 is 1.22 bits per heavy atom. The van der Waals surface area contributed by atoms with Crippen molar-refractivity contribution < 1.29 is 17.2 Å². The quantitative estimate of drug-likeness (QED) is 0.918. The highest BCUT2D eigenvalue weighted by molar-refractivity contribution is 7.91. The van der Waals surface area contributed by atoms with Crippen LogP contribution < -0.4 is 5.73 Å². The van der Waals surface area contributed by atoms with E-state index in [0.29, 0.717) is 11.4 Å². The monoisotopic (exact) mass is 273 g/mol. The average molecular weight is 273 g/mol. The molecule has 0 amide bonds. The summed E-state index contributed by atoms with van der Waals surface area (Å²) in [6.45, 7) is 0. The van der Waals surface area contributed by atoms with Crippen LogP contribution in [0.2, 0.25) is 0 Å². The van der Waals surface area contributed by atoms with Gasteiger partial charge in [0, 0.05) is 0 Å². The van der Waals surface area contributed by atoms with Crippen molar-refractivity contribution in [2.75, 3.05) is 5.73 Å². The second-order valence-electron chi connectivity index (χ2n) is 3.52. The maximum Gasteiger partial charge on any atom is 0.341 e. The molecule has 0 unspecified atom stereocenters. The van der Waals surface area contributed by atoms with E-state index in [9.17, 15) is 17.2 Å². The fourth-order valence-corrected chi connectivity index (χ4v) is 2.09. The van der Waals surface area contributed by atoms with E-state index >= 15 is 0 Å². The van der Waals surface area contributed by atoms with Crippen molar-refractivity contribution in [3.63, 3.8) is 0 Å². The molecule has 0 saturated heterocycles. The van der Waals surface area contributed by atoms with Crippen molar-refractivity contribution >= 4 is 15.5 Å². The number of nitrogens with zero attached hydrogens (tertiary/aromatic N) is 2. The normalized spacial score (nSPS) is 11.9. The molecule has 1 heterocycles. The standard InChI is InChI=1S/C10H9F2N3O2S/c11-10(12)18(16,17)9-3-1-8(2-4-9)15-6-7(13)5-14-15/h1-6,10H,13H2. The molecule has 0 spiro atoms. The summed E-state index contributed by atoms with van der Waals surface area (Å²) in [7, 11) is -4.56. The van der Waals surface area contributed by atoms with Crippen molar-refractivity contribution in [1.29, 1.82) is 0 Å². The van der Waals surface area contributed by atoms with Gasteiger partial charge in [-0.1, -0.05) is 0 Å². The fraction of sp³-hybridized carbons (Fsp3) is 0.100. The second-order valence-corrected chi connectivity index (χ2v) is 5.44. The molecule has 0 bridgehead atoms. The van der Waals surface area contributed by atoms with E-state index in [1.807, 2.05) is 0 Å². The second kappa shape index (κ2) is 4.37. The molecule has 0 aliphatic carbocycles. The third-order valence-corrected chi connectivity index (χ3v) is 3.67. The molecule has 2 aromatic rings. The van der Waals surface area contributed by atoms with Crippen molar-refractivity contribution in [2.45, 2.75) is 10.7 Å². The van der Waals surface area contributed by atoms with Gasteiger partial charge in [-0.25, -0.2) is 13.1 Å². The zero-order valence-corrected chi connectivity index (χ0v) is 9.81. The third-order valence-electron chi connectivity index (χ3n) is 2.27. The highest BCUT2D eigenvalue weighted by Gasteiger charge is 2.26. The van der Waals surface area contributed by atoms with Crippen LogP contribution in [0.5, 0.6) is 0 Å². The van der Waals surface area contributed by atoms with Gasteiger partial charge < -0.3 is 5.73 Å². The molecular weight excluding hydrogens is 264 g/mol. The van der Waals surface area contributed by atoms with Gasteiger partial charge in [-0.15, -0.1) is 0 Å². The maximum atomic E-state index is 12.3. The maximum absolute atomic E-state index is 12.3. The lowest BCUT2D eigenvalue weighted by atomic mass is 10.3. The summed E-state index contributed by atoms with van der Waals surface area (Å²) in [4.78, 5) is -0.429. The summed E-state index contributed by atoms with van der Waals surface area (Å²) in [6, 6.07) is 4.97. The van der Waals surface area contributed by atoms with Gasteiger partial charge in [-0.3, -0.25) is 0 Å². The predicted octanol–water partition coefficient (Wildman–Crippen LogP) is 1.45. The Hall–Kier alpha value is -1.96. The van der Waals surface area contributed by atoms with Crippen LogP contribution in [0, 0.1) is 0 Å². The van der Waals surface area contributed by atoms with Crippen molar-refractivity contribution in [3.05, 3.63) is 36.7 Å². The zero-order chi connectivity index (χ0) is 13.3. The first kappa shape index (κ1) is 12.5. The van der Waals surface area contributed by atoms with E-state index in [-0.39, 0.29) is 0 Å². The molecule has 96 valence electrons. The molecule has 1 aromatic heterocycles. The van der Waals surface area contributed by atoms with Gasteiger partial charge >= 0.3 is 5.76 Å². The number of aromatic nitrogens is 2. The molecule has 0 fully saturated rings. The average Bonchev–Trinajstić information content (AvgIpc) is 2.76. The third kappa shape index (κ3) is 2.19. The van der Waals surface area contributed by atoms with Crippen molar-refractivity contribution in [1.82, 2.24) is 9.78 Å². The molecule has 0 aliphatic heterocycles. The van der Waals surface area contributed by atoms with E-state index in [1.165, 1.54) is 29.2 Å². The number of sulfone groups is 1. The lowest BCUT2D eigenvalue weighted by molar-refractivity contribution is 0.234. The van der Waals surface area contributed by atoms with E-state index in [2.05, 4.69) is 5.10 Å². The number of alkyl halides is 2.